The van der Waals surface area contributed by atoms with Gasteiger partial charge in [0.05, 0.1) is 16.6 Å². The molecule has 142 valence electrons. The number of fused-ring (bicyclic) bond motifs is 1. The number of nitrogens with zero attached hydrogens (tertiary/aromatic N) is 5. The molecule has 0 radical (unpaired) electrons. The number of carbonyl (C=O) groups is 1. The fourth-order valence-corrected chi connectivity index (χ4v) is 4.81. The number of aromatic nitrogens is 3. The monoisotopic (exact) mass is 393 g/mol. The van der Waals surface area contributed by atoms with E-state index in [0.717, 1.165) is 48.9 Å². The van der Waals surface area contributed by atoms with E-state index in [1.165, 1.54) is 0 Å². The number of pyridine rings is 1. The lowest BCUT2D eigenvalue weighted by molar-refractivity contribution is -0.126. The van der Waals surface area contributed by atoms with Crippen molar-refractivity contribution in [2.24, 2.45) is 5.41 Å². The Labute approximate surface area is 168 Å². The van der Waals surface area contributed by atoms with E-state index in [1.54, 1.807) is 18.6 Å². The summed E-state index contributed by atoms with van der Waals surface area (Å²) in [6.45, 7) is 2.18. The number of halogens is 1. The van der Waals surface area contributed by atoms with Crippen LogP contribution in [0.5, 0.6) is 0 Å². The summed E-state index contributed by atoms with van der Waals surface area (Å²) in [6, 6.07) is 9.91. The molecular weight excluding hydrogens is 374 g/mol. The summed E-state index contributed by atoms with van der Waals surface area (Å²) >= 11 is 6.26. The number of benzene rings is 1. The molecule has 5 rings (SSSR count). The second-order valence-electron chi connectivity index (χ2n) is 7.53. The molecule has 0 aliphatic carbocycles. The molecule has 2 aliphatic heterocycles. The van der Waals surface area contributed by atoms with E-state index in [1.807, 2.05) is 35.2 Å². The number of carbonyl (C=O) groups excluding carboxylic acids is 1. The Bertz CT molecular complexity index is 1050. The highest BCUT2D eigenvalue weighted by atomic mass is 35.5. The molecule has 2 aliphatic rings. The van der Waals surface area contributed by atoms with E-state index in [9.17, 15) is 4.79 Å². The van der Waals surface area contributed by atoms with E-state index in [2.05, 4.69) is 19.9 Å². The maximum Gasteiger partial charge on any atom is 0.235 e. The average molecular weight is 394 g/mol. The van der Waals surface area contributed by atoms with Crippen molar-refractivity contribution in [3.8, 4) is 0 Å². The predicted octanol–water partition coefficient (Wildman–Crippen LogP) is 3.70. The molecule has 2 fully saturated rings. The van der Waals surface area contributed by atoms with Crippen LogP contribution in [0.15, 0.2) is 48.9 Å². The van der Waals surface area contributed by atoms with Crippen LogP contribution < -0.4 is 9.80 Å². The van der Waals surface area contributed by atoms with Crippen LogP contribution in [-0.4, -0.2) is 40.5 Å². The molecule has 2 saturated heterocycles. The predicted molar refractivity (Wildman–Crippen MR) is 110 cm³/mol. The van der Waals surface area contributed by atoms with Crippen LogP contribution >= 0.6 is 11.6 Å². The normalized spacial score (nSPS) is 22.4. The lowest BCUT2D eigenvalue weighted by atomic mass is 9.78. The van der Waals surface area contributed by atoms with Crippen molar-refractivity contribution < 1.29 is 4.79 Å². The third-order valence-corrected chi connectivity index (χ3v) is 6.21. The van der Waals surface area contributed by atoms with Crippen LogP contribution in [0.25, 0.3) is 10.9 Å². The summed E-state index contributed by atoms with van der Waals surface area (Å²) in [6.07, 6.45) is 7.67. The van der Waals surface area contributed by atoms with Gasteiger partial charge in [-0.15, -0.1) is 0 Å². The fourth-order valence-electron chi connectivity index (χ4n) is 4.59. The zero-order chi connectivity index (χ0) is 19.1. The van der Waals surface area contributed by atoms with Crippen LogP contribution in [0, 0.1) is 5.41 Å². The Hall–Kier alpha value is -2.73. The third-order valence-electron chi connectivity index (χ3n) is 5.94. The lowest BCUT2D eigenvalue weighted by Gasteiger charge is -2.39. The van der Waals surface area contributed by atoms with Gasteiger partial charge in [-0.1, -0.05) is 17.7 Å². The van der Waals surface area contributed by atoms with E-state index in [0.29, 0.717) is 17.5 Å². The highest BCUT2D eigenvalue weighted by molar-refractivity contribution is 6.31. The first-order chi connectivity index (χ1) is 13.7. The molecule has 7 heteroatoms. The van der Waals surface area contributed by atoms with E-state index >= 15 is 0 Å². The lowest BCUT2D eigenvalue weighted by Crippen LogP contribution is -2.48. The SMILES string of the molecule is O=C1N(c2cccc3ncccc23)CCC12CCCN(c1nccnc1Cl)C2. The molecule has 3 aromatic rings. The van der Waals surface area contributed by atoms with Gasteiger partial charge in [0.1, 0.15) is 0 Å². The maximum absolute atomic E-state index is 13.6. The average Bonchev–Trinajstić information content (AvgIpc) is 3.03. The van der Waals surface area contributed by atoms with Gasteiger partial charge in [-0.3, -0.25) is 9.78 Å². The van der Waals surface area contributed by atoms with Gasteiger partial charge in [0.2, 0.25) is 5.91 Å². The van der Waals surface area contributed by atoms with Crippen molar-refractivity contribution in [2.45, 2.75) is 19.3 Å². The van der Waals surface area contributed by atoms with Crippen molar-refractivity contribution in [3.05, 3.63) is 54.1 Å². The molecule has 2 aromatic heterocycles. The molecule has 0 N–H and O–H groups in total. The van der Waals surface area contributed by atoms with Crippen LogP contribution in [0.1, 0.15) is 19.3 Å². The number of amides is 1. The van der Waals surface area contributed by atoms with Gasteiger partial charge in [-0.05, 0) is 43.5 Å². The van der Waals surface area contributed by atoms with Gasteiger partial charge >= 0.3 is 0 Å². The molecule has 0 bridgehead atoms. The zero-order valence-corrected chi connectivity index (χ0v) is 16.1. The summed E-state index contributed by atoms with van der Waals surface area (Å²) in [5.74, 6) is 0.859. The van der Waals surface area contributed by atoms with Crippen LogP contribution in [-0.2, 0) is 4.79 Å². The minimum absolute atomic E-state index is 0.188. The van der Waals surface area contributed by atoms with Gasteiger partial charge in [0.15, 0.2) is 11.0 Å². The maximum atomic E-state index is 13.6. The first-order valence-corrected chi connectivity index (χ1v) is 9.93. The Morgan fingerprint density at radius 1 is 0.964 bits per heavy atom. The molecular formula is C21H20ClN5O. The quantitative estimate of drug-likeness (QED) is 0.664. The first-order valence-electron chi connectivity index (χ1n) is 9.55. The van der Waals surface area contributed by atoms with Crippen molar-refractivity contribution in [1.29, 1.82) is 0 Å². The number of anilines is 2. The zero-order valence-electron chi connectivity index (χ0n) is 15.4. The Balaban J connectivity index is 1.47. The van der Waals surface area contributed by atoms with Crippen molar-refractivity contribution >= 4 is 39.9 Å². The first kappa shape index (κ1) is 17.4. The molecule has 1 amide bonds. The highest BCUT2D eigenvalue weighted by Gasteiger charge is 2.50. The molecule has 0 saturated carbocycles. The molecule has 4 heterocycles. The molecule has 6 nitrogen and oxygen atoms in total. The number of piperidine rings is 1. The smallest absolute Gasteiger partial charge is 0.235 e. The second kappa shape index (κ2) is 6.71. The molecule has 1 spiro atoms. The van der Waals surface area contributed by atoms with Crippen molar-refractivity contribution in [1.82, 2.24) is 15.0 Å². The van der Waals surface area contributed by atoms with E-state index in [4.69, 9.17) is 11.6 Å². The minimum Gasteiger partial charge on any atom is -0.353 e. The molecule has 1 aromatic carbocycles. The van der Waals surface area contributed by atoms with Crippen LogP contribution in [0.3, 0.4) is 0 Å². The van der Waals surface area contributed by atoms with Gasteiger partial charge in [0.25, 0.3) is 0 Å². The van der Waals surface area contributed by atoms with Crippen molar-refractivity contribution in [2.75, 3.05) is 29.4 Å². The highest BCUT2D eigenvalue weighted by Crippen LogP contribution is 2.44. The minimum atomic E-state index is -0.399. The van der Waals surface area contributed by atoms with Crippen LogP contribution in [0.4, 0.5) is 11.5 Å². The fraction of sp³-hybridized carbons (Fsp3) is 0.333. The van der Waals surface area contributed by atoms with E-state index in [-0.39, 0.29) is 5.91 Å². The largest absolute Gasteiger partial charge is 0.353 e. The second-order valence-corrected chi connectivity index (χ2v) is 7.89. The summed E-state index contributed by atoms with van der Waals surface area (Å²) < 4.78 is 0. The number of hydrogen-bond acceptors (Lipinski definition) is 5. The Morgan fingerprint density at radius 2 is 1.86 bits per heavy atom. The van der Waals surface area contributed by atoms with Gasteiger partial charge in [-0.25, -0.2) is 9.97 Å². The summed E-state index contributed by atoms with van der Waals surface area (Å²) in [5.41, 5.74) is 1.45. The number of rotatable bonds is 2. The topological polar surface area (TPSA) is 62.2 Å². The third kappa shape index (κ3) is 2.71. The molecule has 1 atom stereocenters. The molecule has 1 unspecified atom stereocenters. The summed E-state index contributed by atoms with van der Waals surface area (Å²) in [5, 5.41) is 1.40. The van der Waals surface area contributed by atoms with Crippen LogP contribution in [0.2, 0.25) is 5.15 Å². The summed E-state index contributed by atoms with van der Waals surface area (Å²) in [4.78, 5) is 30.6. The Kier molecular flexibility index (Phi) is 4.16. The van der Waals surface area contributed by atoms with Crippen molar-refractivity contribution in [3.63, 3.8) is 0 Å². The summed E-state index contributed by atoms with van der Waals surface area (Å²) in [7, 11) is 0. The Morgan fingerprint density at radius 3 is 2.75 bits per heavy atom. The standard InChI is InChI=1S/C21H20ClN5O/c22-18-19(25-11-10-24-18)26-12-3-7-21(14-26)8-13-27(20(21)28)17-6-1-5-16-15(17)4-2-9-23-16/h1-2,4-6,9-11H,3,7-8,12-14H2. The van der Waals surface area contributed by atoms with E-state index < -0.39 is 5.41 Å². The van der Waals surface area contributed by atoms with Gasteiger partial charge in [-0.2, -0.15) is 0 Å². The number of hydrogen-bond donors (Lipinski definition) is 0. The molecule has 28 heavy (non-hydrogen) atoms. The van der Waals surface area contributed by atoms with Gasteiger partial charge < -0.3 is 9.80 Å². The van der Waals surface area contributed by atoms with Gasteiger partial charge in [0, 0.05) is 43.6 Å².